The molecule has 1 fully saturated rings. The van der Waals surface area contributed by atoms with Crippen molar-refractivity contribution in [2.75, 3.05) is 26.2 Å². The highest BCUT2D eigenvalue weighted by Gasteiger charge is 2.32. The lowest BCUT2D eigenvalue weighted by atomic mass is 9.91. The van der Waals surface area contributed by atoms with Crippen LogP contribution in [0.25, 0.3) is 11.1 Å². The minimum atomic E-state index is -0.992. The Morgan fingerprint density at radius 2 is 1.94 bits per heavy atom. The molecule has 3 rings (SSSR count). The minimum absolute atomic E-state index is 0.0453. The Morgan fingerprint density at radius 1 is 1.13 bits per heavy atom. The SMILES string of the molecule is CCCN1CCN(C(=O)CCC(=O)O)C[C@H](Cc2ccccc2-c2cccnc2)C1=O. The third kappa shape index (κ3) is 5.90. The van der Waals surface area contributed by atoms with E-state index in [2.05, 4.69) is 4.98 Å². The largest absolute Gasteiger partial charge is 0.481 e. The molecule has 1 atom stereocenters. The van der Waals surface area contributed by atoms with Crippen LogP contribution in [0.1, 0.15) is 31.7 Å². The average Bonchev–Trinajstić information content (AvgIpc) is 2.93. The van der Waals surface area contributed by atoms with Gasteiger partial charge in [0.15, 0.2) is 0 Å². The molecule has 1 aliphatic heterocycles. The van der Waals surface area contributed by atoms with E-state index in [4.69, 9.17) is 5.11 Å². The fourth-order valence-corrected chi connectivity index (χ4v) is 4.05. The fourth-order valence-electron chi connectivity index (χ4n) is 4.05. The van der Waals surface area contributed by atoms with Gasteiger partial charge in [-0.05, 0) is 30.0 Å². The second kappa shape index (κ2) is 10.7. The predicted octanol–water partition coefficient (Wildman–Crippen LogP) is 2.85. The van der Waals surface area contributed by atoms with Crippen molar-refractivity contribution in [2.45, 2.75) is 32.6 Å². The van der Waals surface area contributed by atoms with Gasteiger partial charge in [0.2, 0.25) is 11.8 Å². The summed E-state index contributed by atoms with van der Waals surface area (Å²) in [7, 11) is 0. The number of nitrogens with zero attached hydrogens (tertiary/aromatic N) is 3. The Kier molecular flexibility index (Phi) is 7.76. The molecule has 7 nitrogen and oxygen atoms in total. The number of rotatable bonds is 8. The number of carboxylic acids is 1. The quantitative estimate of drug-likeness (QED) is 0.705. The number of aromatic nitrogens is 1. The van der Waals surface area contributed by atoms with Crippen molar-refractivity contribution in [1.82, 2.24) is 14.8 Å². The van der Waals surface area contributed by atoms with Gasteiger partial charge in [0.05, 0.1) is 12.3 Å². The van der Waals surface area contributed by atoms with E-state index in [1.165, 1.54) is 0 Å². The predicted molar refractivity (Wildman–Crippen MR) is 117 cm³/mol. The third-order valence-electron chi connectivity index (χ3n) is 5.60. The van der Waals surface area contributed by atoms with Gasteiger partial charge in [0, 0.05) is 50.6 Å². The van der Waals surface area contributed by atoms with Crippen LogP contribution < -0.4 is 0 Å². The van der Waals surface area contributed by atoms with Crippen LogP contribution in [-0.2, 0) is 20.8 Å². The van der Waals surface area contributed by atoms with Gasteiger partial charge in [0.25, 0.3) is 0 Å². The van der Waals surface area contributed by atoms with Crippen molar-refractivity contribution < 1.29 is 19.5 Å². The molecular weight excluding hydrogens is 394 g/mol. The second-order valence-corrected chi connectivity index (χ2v) is 7.86. The molecule has 2 heterocycles. The van der Waals surface area contributed by atoms with Gasteiger partial charge in [-0.15, -0.1) is 0 Å². The molecule has 2 amide bonds. The Bertz CT molecular complexity index is 916. The van der Waals surface area contributed by atoms with Gasteiger partial charge < -0.3 is 14.9 Å². The molecule has 7 heteroatoms. The monoisotopic (exact) mass is 423 g/mol. The minimum Gasteiger partial charge on any atom is -0.481 e. The second-order valence-electron chi connectivity index (χ2n) is 7.86. The maximum Gasteiger partial charge on any atom is 0.303 e. The summed E-state index contributed by atoms with van der Waals surface area (Å²) in [5.74, 6) is -1.52. The molecule has 1 aliphatic rings. The van der Waals surface area contributed by atoms with E-state index in [9.17, 15) is 14.4 Å². The topological polar surface area (TPSA) is 90.8 Å². The lowest BCUT2D eigenvalue weighted by Gasteiger charge is -2.24. The van der Waals surface area contributed by atoms with Crippen molar-refractivity contribution in [3.8, 4) is 11.1 Å². The summed E-state index contributed by atoms with van der Waals surface area (Å²) in [6, 6.07) is 11.8. The van der Waals surface area contributed by atoms with Crippen molar-refractivity contribution in [1.29, 1.82) is 0 Å². The molecule has 0 spiro atoms. The van der Waals surface area contributed by atoms with Gasteiger partial charge in [-0.25, -0.2) is 0 Å². The zero-order chi connectivity index (χ0) is 22.2. The van der Waals surface area contributed by atoms with Crippen LogP contribution in [0.5, 0.6) is 0 Å². The van der Waals surface area contributed by atoms with E-state index in [1.54, 1.807) is 17.3 Å². The van der Waals surface area contributed by atoms with Crippen LogP contribution in [0.15, 0.2) is 48.8 Å². The standard InChI is InChI=1S/C24H29N3O4/c1-2-12-26-13-14-27(22(28)9-10-23(29)30)17-20(24(26)31)15-18-6-3-4-8-21(18)19-7-5-11-25-16-19/h3-8,11,16,20H,2,9-10,12-15,17H2,1H3,(H,29,30)/t20-/m0/s1. The van der Waals surface area contributed by atoms with E-state index in [0.29, 0.717) is 32.6 Å². The molecule has 164 valence electrons. The number of carbonyl (C=O) groups excluding carboxylic acids is 2. The highest BCUT2D eigenvalue weighted by Crippen LogP contribution is 2.27. The van der Waals surface area contributed by atoms with Crippen LogP contribution in [-0.4, -0.2) is 63.9 Å². The summed E-state index contributed by atoms with van der Waals surface area (Å²) in [6.45, 7) is 3.90. The molecule has 0 aliphatic carbocycles. The van der Waals surface area contributed by atoms with Crippen LogP contribution in [0.2, 0.25) is 0 Å². The van der Waals surface area contributed by atoms with Crippen LogP contribution in [0, 0.1) is 5.92 Å². The number of aliphatic carboxylic acids is 1. The normalized spacial score (nSPS) is 16.8. The zero-order valence-corrected chi connectivity index (χ0v) is 17.9. The number of hydrogen-bond acceptors (Lipinski definition) is 4. The Labute approximate surface area is 182 Å². The van der Waals surface area contributed by atoms with Crippen molar-refractivity contribution in [3.63, 3.8) is 0 Å². The lowest BCUT2D eigenvalue weighted by molar-refractivity contribution is -0.141. The lowest BCUT2D eigenvalue weighted by Crippen LogP contribution is -2.38. The summed E-state index contributed by atoms with van der Waals surface area (Å²) in [5.41, 5.74) is 3.04. The summed E-state index contributed by atoms with van der Waals surface area (Å²) >= 11 is 0. The number of hydrogen-bond donors (Lipinski definition) is 1. The number of amides is 2. The molecule has 31 heavy (non-hydrogen) atoms. The highest BCUT2D eigenvalue weighted by atomic mass is 16.4. The maximum absolute atomic E-state index is 13.3. The molecule has 0 bridgehead atoms. The molecule has 0 saturated carbocycles. The van der Waals surface area contributed by atoms with Crippen LogP contribution in [0.4, 0.5) is 0 Å². The first-order valence-electron chi connectivity index (χ1n) is 10.8. The van der Waals surface area contributed by atoms with Gasteiger partial charge in [-0.1, -0.05) is 37.3 Å². The van der Waals surface area contributed by atoms with E-state index >= 15 is 0 Å². The van der Waals surface area contributed by atoms with E-state index < -0.39 is 5.97 Å². The van der Waals surface area contributed by atoms with Crippen LogP contribution >= 0.6 is 0 Å². The zero-order valence-electron chi connectivity index (χ0n) is 17.9. The van der Waals surface area contributed by atoms with E-state index in [-0.39, 0.29) is 30.6 Å². The van der Waals surface area contributed by atoms with Gasteiger partial charge in [-0.3, -0.25) is 19.4 Å². The molecule has 0 radical (unpaired) electrons. The summed E-state index contributed by atoms with van der Waals surface area (Å²) in [6.07, 6.45) is 4.64. The number of carboxylic acid groups (broad SMARTS) is 1. The molecule has 1 aromatic carbocycles. The fraction of sp³-hybridized carbons (Fsp3) is 0.417. The van der Waals surface area contributed by atoms with E-state index in [1.807, 2.05) is 48.2 Å². The molecule has 0 unspecified atom stereocenters. The molecular formula is C24H29N3O4. The first-order valence-corrected chi connectivity index (χ1v) is 10.8. The van der Waals surface area contributed by atoms with E-state index in [0.717, 1.165) is 23.1 Å². The molecule has 1 saturated heterocycles. The number of pyridine rings is 1. The Hall–Kier alpha value is -3.22. The van der Waals surface area contributed by atoms with Crippen LogP contribution in [0.3, 0.4) is 0 Å². The third-order valence-corrected chi connectivity index (χ3v) is 5.60. The van der Waals surface area contributed by atoms with Crippen molar-refractivity contribution in [2.24, 2.45) is 5.92 Å². The number of benzene rings is 1. The molecule has 1 N–H and O–H groups in total. The summed E-state index contributed by atoms with van der Waals surface area (Å²) in [5, 5.41) is 8.92. The average molecular weight is 424 g/mol. The van der Waals surface area contributed by atoms with Gasteiger partial charge >= 0.3 is 5.97 Å². The first kappa shape index (κ1) is 22.5. The number of carbonyl (C=O) groups is 3. The highest BCUT2D eigenvalue weighted by molar-refractivity contribution is 5.84. The van der Waals surface area contributed by atoms with Gasteiger partial charge in [0.1, 0.15) is 0 Å². The summed E-state index contributed by atoms with van der Waals surface area (Å²) in [4.78, 5) is 44.5. The smallest absolute Gasteiger partial charge is 0.303 e. The van der Waals surface area contributed by atoms with Crippen molar-refractivity contribution >= 4 is 17.8 Å². The Balaban J connectivity index is 1.85. The summed E-state index contributed by atoms with van der Waals surface area (Å²) < 4.78 is 0. The first-order chi connectivity index (χ1) is 15.0. The Morgan fingerprint density at radius 3 is 2.65 bits per heavy atom. The molecule has 2 aromatic rings. The maximum atomic E-state index is 13.3. The van der Waals surface area contributed by atoms with Gasteiger partial charge in [-0.2, -0.15) is 0 Å². The van der Waals surface area contributed by atoms with Crippen molar-refractivity contribution in [3.05, 3.63) is 54.4 Å². The molecule has 1 aromatic heterocycles.